The summed E-state index contributed by atoms with van der Waals surface area (Å²) >= 11 is 0. The molecule has 0 amide bonds. The molecule has 1 aliphatic rings. The van der Waals surface area contributed by atoms with Gasteiger partial charge in [0.1, 0.15) is 0 Å². The van der Waals surface area contributed by atoms with E-state index in [9.17, 15) is 0 Å². The minimum atomic E-state index is 0.401. The summed E-state index contributed by atoms with van der Waals surface area (Å²) in [5, 5.41) is 0. The summed E-state index contributed by atoms with van der Waals surface area (Å²) in [7, 11) is 0. The summed E-state index contributed by atoms with van der Waals surface area (Å²) in [4.78, 5) is 0. The average molecular weight is 208 g/mol. The van der Waals surface area contributed by atoms with Crippen LogP contribution in [-0.2, 0) is 17.7 Å². The Bertz CT molecular complexity index is 308. The van der Waals surface area contributed by atoms with Crippen LogP contribution in [0.25, 0.3) is 0 Å². The first-order valence-electron chi connectivity index (χ1n) is 5.78. The molecule has 2 atom stereocenters. The predicted molar refractivity (Wildman–Crippen MR) is 60.8 cm³/mol. The van der Waals surface area contributed by atoms with Crippen molar-refractivity contribution >= 4 is 0 Å². The van der Waals surface area contributed by atoms with E-state index in [-0.39, 0.29) is 0 Å². The molecule has 1 aromatic rings. The van der Waals surface area contributed by atoms with Gasteiger partial charge in [-0.15, -0.1) is 0 Å². The third-order valence-corrected chi connectivity index (χ3v) is 2.98. The molecule has 1 fully saturated rings. The van der Waals surface area contributed by atoms with Gasteiger partial charge in [-0.3, -0.25) is 0 Å². The standard InChI is InChI=1S/C12H20N2O/c1-10-2-3-12(15-10)9-14-7-5-11(8-14)4-6-13/h5,7-8,10,12H,2-4,6,9,13H2,1H3. The molecule has 2 unspecified atom stereocenters. The molecule has 0 aliphatic carbocycles. The lowest BCUT2D eigenvalue weighted by Crippen LogP contribution is -2.15. The molecule has 0 spiro atoms. The number of nitrogens with two attached hydrogens (primary N) is 1. The van der Waals surface area contributed by atoms with Crippen molar-refractivity contribution < 1.29 is 4.74 Å². The van der Waals surface area contributed by atoms with Gasteiger partial charge in [0, 0.05) is 18.9 Å². The van der Waals surface area contributed by atoms with Crippen molar-refractivity contribution in [2.45, 2.75) is 44.9 Å². The number of aromatic nitrogens is 1. The van der Waals surface area contributed by atoms with E-state index < -0.39 is 0 Å². The van der Waals surface area contributed by atoms with Crippen LogP contribution in [0.2, 0.25) is 0 Å². The van der Waals surface area contributed by atoms with Crippen LogP contribution < -0.4 is 5.73 Å². The first-order valence-corrected chi connectivity index (χ1v) is 5.78. The highest BCUT2D eigenvalue weighted by Gasteiger charge is 2.21. The maximum Gasteiger partial charge on any atom is 0.0758 e. The van der Waals surface area contributed by atoms with Crippen molar-refractivity contribution in [3.05, 3.63) is 24.0 Å². The maximum absolute atomic E-state index is 5.79. The van der Waals surface area contributed by atoms with Crippen molar-refractivity contribution in [1.29, 1.82) is 0 Å². The first-order chi connectivity index (χ1) is 7.28. The number of hydrogen-bond acceptors (Lipinski definition) is 2. The lowest BCUT2D eigenvalue weighted by Gasteiger charge is -2.11. The molecule has 2 rings (SSSR count). The van der Waals surface area contributed by atoms with E-state index in [2.05, 4.69) is 30.0 Å². The highest BCUT2D eigenvalue weighted by atomic mass is 16.5. The lowest BCUT2D eigenvalue weighted by molar-refractivity contribution is 0.0458. The number of hydrogen-bond donors (Lipinski definition) is 1. The van der Waals surface area contributed by atoms with Crippen molar-refractivity contribution in [2.75, 3.05) is 6.54 Å². The van der Waals surface area contributed by atoms with Crippen LogP contribution in [0.1, 0.15) is 25.3 Å². The minimum Gasteiger partial charge on any atom is -0.373 e. The van der Waals surface area contributed by atoms with Crippen LogP contribution in [0.3, 0.4) is 0 Å². The SMILES string of the molecule is CC1CCC(Cn2ccc(CCN)c2)O1. The van der Waals surface area contributed by atoms with Gasteiger partial charge in [0.2, 0.25) is 0 Å². The highest BCUT2D eigenvalue weighted by molar-refractivity contribution is 5.10. The van der Waals surface area contributed by atoms with E-state index in [0.717, 1.165) is 19.5 Å². The molecule has 0 radical (unpaired) electrons. The second-order valence-corrected chi connectivity index (χ2v) is 4.40. The fourth-order valence-corrected chi connectivity index (χ4v) is 2.17. The zero-order valence-electron chi connectivity index (χ0n) is 9.36. The Kier molecular flexibility index (Phi) is 3.44. The van der Waals surface area contributed by atoms with Crippen LogP contribution in [0.4, 0.5) is 0 Å². The Hall–Kier alpha value is -0.800. The third kappa shape index (κ3) is 2.83. The fraction of sp³-hybridized carbons (Fsp3) is 0.667. The number of nitrogens with zero attached hydrogens (tertiary/aromatic N) is 1. The molecule has 3 heteroatoms. The van der Waals surface area contributed by atoms with Crippen LogP contribution in [0.5, 0.6) is 0 Å². The maximum atomic E-state index is 5.79. The fourth-order valence-electron chi connectivity index (χ4n) is 2.17. The Morgan fingerprint density at radius 1 is 1.53 bits per heavy atom. The molecule has 1 aromatic heterocycles. The lowest BCUT2D eigenvalue weighted by atomic mass is 10.2. The highest BCUT2D eigenvalue weighted by Crippen LogP contribution is 2.20. The first kappa shape index (κ1) is 10.7. The minimum absolute atomic E-state index is 0.401. The molecule has 0 bridgehead atoms. The van der Waals surface area contributed by atoms with Crippen LogP contribution >= 0.6 is 0 Å². The Morgan fingerprint density at radius 2 is 2.40 bits per heavy atom. The molecule has 1 saturated heterocycles. The van der Waals surface area contributed by atoms with Gasteiger partial charge in [-0.1, -0.05) is 0 Å². The molecule has 84 valence electrons. The van der Waals surface area contributed by atoms with Gasteiger partial charge in [-0.25, -0.2) is 0 Å². The van der Waals surface area contributed by atoms with E-state index in [4.69, 9.17) is 10.5 Å². The molecule has 0 aromatic carbocycles. The average Bonchev–Trinajstić information content (AvgIpc) is 2.78. The third-order valence-electron chi connectivity index (χ3n) is 2.98. The second-order valence-electron chi connectivity index (χ2n) is 4.40. The van der Waals surface area contributed by atoms with Gasteiger partial charge >= 0.3 is 0 Å². The summed E-state index contributed by atoms with van der Waals surface area (Å²) < 4.78 is 8.00. The zero-order chi connectivity index (χ0) is 10.7. The van der Waals surface area contributed by atoms with E-state index in [1.54, 1.807) is 0 Å². The summed E-state index contributed by atoms with van der Waals surface area (Å²) in [6, 6.07) is 2.14. The zero-order valence-corrected chi connectivity index (χ0v) is 9.36. The largest absolute Gasteiger partial charge is 0.373 e. The van der Waals surface area contributed by atoms with Gasteiger partial charge in [0.15, 0.2) is 0 Å². The van der Waals surface area contributed by atoms with Crippen molar-refractivity contribution in [3.63, 3.8) is 0 Å². The van der Waals surface area contributed by atoms with E-state index in [1.807, 2.05) is 0 Å². The van der Waals surface area contributed by atoms with E-state index in [0.29, 0.717) is 12.2 Å². The van der Waals surface area contributed by atoms with E-state index in [1.165, 1.54) is 18.4 Å². The number of ether oxygens (including phenoxy) is 1. The van der Waals surface area contributed by atoms with Crippen molar-refractivity contribution in [1.82, 2.24) is 4.57 Å². The van der Waals surface area contributed by atoms with Crippen molar-refractivity contribution in [2.24, 2.45) is 5.73 Å². The molecule has 15 heavy (non-hydrogen) atoms. The molecule has 0 saturated carbocycles. The van der Waals surface area contributed by atoms with Gasteiger partial charge in [-0.2, -0.15) is 0 Å². The summed E-state index contributed by atoms with van der Waals surface area (Å²) in [6.07, 6.45) is 8.49. The van der Waals surface area contributed by atoms with Gasteiger partial charge < -0.3 is 15.0 Å². The van der Waals surface area contributed by atoms with Gasteiger partial charge in [0.05, 0.1) is 12.2 Å². The summed E-state index contributed by atoms with van der Waals surface area (Å²) in [5.41, 5.74) is 6.84. The normalized spacial score (nSPS) is 26.0. The summed E-state index contributed by atoms with van der Waals surface area (Å²) in [5.74, 6) is 0. The smallest absolute Gasteiger partial charge is 0.0758 e. The topological polar surface area (TPSA) is 40.2 Å². The quantitative estimate of drug-likeness (QED) is 0.815. The molecule has 2 N–H and O–H groups in total. The van der Waals surface area contributed by atoms with Crippen molar-refractivity contribution in [3.8, 4) is 0 Å². The Morgan fingerprint density at radius 3 is 3.07 bits per heavy atom. The molecular formula is C12H20N2O. The number of rotatable bonds is 4. The molecule has 3 nitrogen and oxygen atoms in total. The monoisotopic (exact) mass is 208 g/mol. The molecule has 1 aliphatic heterocycles. The van der Waals surface area contributed by atoms with Crippen LogP contribution in [0.15, 0.2) is 18.5 Å². The Labute approximate surface area is 91.2 Å². The summed E-state index contributed by atoms with van der Waals surface area (Å²) in [6.45, 7) is 3.85. The van der Waals surface area contributed by atoms with Gasteiger partial charge in [0.25, 0.3) is 0 Å². The predicted octanol–water partition coefficient (Wildman–Crippen LogP) is 1.56. The van der Waals surface area contributed by atoms with E-state index >= 15 is 0 Å². The molecule has 2 heterocycles. The van der Waals surface area contributed by atoms with Gasteiger partial charge in [-0.05, 0) is 44.4 Å². The van der Waals surface area contributed by atoms with Crippen LogP contribution in [-0.4, -0.2) is 23.3 Å². The molecular weight excluding hydrogens is 188 g/mol. The second kappa shape index (κ2) is 4.81. The Balaban J connectivity index is 1.87. The van der Waals surface area contributed by atoms with Crippen LogP contribution in [0, 0.1) is 0 Å².